The lowest BCUT2D eigenvalue weighted by Crippen LogP contribution is -2.13. The molecule has 8 heavy (non-hydrogen) atoms. The van der Waals surface area contributed by atoms with Gasteiger partial charge in [0.25, 0.3) is 0 Å². The van der Waals surface area contributed by atoms with Crippen LogP contribution in [0.5, 0.6) is 0 Å². The van der Waals surface area contributed by atoms with Gasteiger partial charge in [-0.05, 0) is 20.3 Å². The second-order valence-corrected chi connectivity index (χ2v) is 2.13. The van der Waals surface area contributed by atoms with Crippen molar-refractivity contribution in [3.63, 3.8) is 0 Å². The highest BCUT2D eigenvalue weighted by Gasteiger charge is 2.02. The van der Waals surface area contributed by atoms with E-state index in [0.717, 1.165) is 6.42 Å². The van der Waals surface area contributed by atoms with Crippen molar-refractivity contribution in [1.29, 1.82) is 0 Å². The Hall–Kier alpha value is -0.0800. The van der Waals surface area contributed by atoms with Crippen LogP contribution in [0.3, 0.4) is 0 Å². The van der Waals surface area contributed by atoms with Crippen molar-refractivity contribution in [1.82, 2.24) is 0 Å². The third kappa shape index (κ3) is 4.09. The zero-order chi connectivity index (χ0) is 6.57. The van der Waals surface area contributed by atoms with E-state index >= 15 is 0 Å². The SMILES string of the molecule is CO[C@H](C)C[C@@H](C)O. The standard InChI is InChI=1S/C6H14O2/c1-5(7)4-6(2)8-3/h5-7H,4H2,1-3H3/t5-,6-/m1/s1. The van der Waals surface area contributed by atoms with E-state index in [-0.39, 0.29) is 12.2 Å². The summed E-state index contributed by atoms with van der Waals surface area (Å²) < 4.78 is 4.90. The minimum absolute atomic E-state index is 0.176. The van der Waals surface area contributed by atoms with Crippen molar-refractivity contribution in [2.24, 2.45) is 0 Å². The number of hydrogen-bond donors (Lipinski definition) is 1. The van der Waals surface area contributed by atoms with Crippen LogP contribution in [0.2, 0.25) is 0 Å². The van der Waals surface area contributed by atoms with Crippen LogP contribution in [0.1, 0.15) is 20.3 Å². The van der Waals surface area contributed by atoms with Gasteiger partial charge in [0.05, 0.1) is 12.2 Å². The summed E-state index contributed by atoms with van der Waals surface area (Å²) in [5.74, 6) is 0. The molecule has 0 aromatic rings. The number of aliphatic hydroxyl groups excluding tert-OH is 1. The van der Waals surface area contributed by atoms with Gasteiger partial charge in [0, 0.05) is 7.11 Å². The van der Waals surface area contributed by atoms with E-state index in [1.807, 2.05) is 6.92 Å². The molecule has 2 nitrogen and oxygen atoms in total. The summed E-state index contributed by atoms with van der Waals surface area (Å²) in [5, 5.41) is 8.77. The van der Waals surface area contributed by atoms with Gasteiger partial charge in [0.1, 0.15) is 0 Å². The Bertz CT molecular complexity index is 52.5. The molecule has 0 radical (unpaired) electrons. The molecular weight excluding hydrogens is 104 g/mol. The van der Waals surface area contributed by atoms with Crippen molar-refractivity contribution in [2.75, 3.05) is 7.11 Å². The monoisotopic (exact) mass is 118 g/mol. The number of methoxy groups -OCH3 is 1. The second kappa shape index (κ2) is 3.87. The molecule has 0 rings (SSSR count). The molecule has 0 bridgehead atoms. The second-order valence-electron chi connectivity index (χ2n) is 2.13. The van der Waals surface area contributed by atoms with E-state index in [1.165, 1.54) is 0 Å². The lowest BCUT2D eigenvalue weighted by Gasteiger charge is -2.09. The predicted octanol–water partition coefficient (Wildman–Crippen LogP) is 0.792. The van der Waals surface area contributed by atoms with Crippen LogP contribution in [0.15, 0.2) is 0 Å². The minimum Gasteiger partial charge on any atom is -0.393 e. The molecule has 0 fully saturated rings. The first-order chi connectivity index (χ1) is 3.66. The van der Waals surface area contributed by atoms with E-state index in [9.17, 15) is 0 Å². The molecular formula is C6H14O2. The predicted molar refractivity (Wildman–Crippen MR) is 32.8 cm³/mol. The Balaban J connectivity index is 3.10. The van der Waals surface area contributed by atoms with Gasteiger partial charge in [-0.2, -0.15) is 0 Å². The first kappa shape index (κ1) is 7.92. The smallest absolute Gasteiger partial charge is 0.0567 e. The van der Waals surface area contributed by atoms with Crippen molar-refractivity contribution in [3.8, 4) is 0 Å². The van der Waals surface area contributed by atoms with Crippen LogP contribution in [-0.2, 0) is 4.74 Å². The van der Waals surface area contributed by atoms with Crippen LogP contribution in [-0.4, -0.2) is 24.4 Å². The van der Waals surface area contributed by atoms with Gasteiger partial charge in [-0.15, -0.1) is 0 Å². The van der Waals surface area contributed by atoms with Gasteiger partial charge >= 0.3 is 0 Å². The number of rotatable bonds is 3. The number of aliphatic hydroxyl groups is 1. The molecule has 0 saturated heterocycles. The maximum atomic E-state index is 8.77. The van der Waals surface area contributed by atoms with Crippen LogP contribution in [0.4, 0.5) is 0 Å². The highest BCUT2D eigenvalue weighted by atomic mass is 16.5. The van der Waals surface area contributed by atoms with Crippen LogP contribution < -0.4 is 0 Å². The summed E-state index contributed by atoms with van der Waals surface area (Å²) in [6.07, 6.45) is 0.649. The third-order valence-corrected chi connectivity index (χ3v) is 1.08. The first-order valence-corrected chi connectivity index (χ1v) is 2.87. The third-order valence-electron chi connectivity index (χ3n) is 1.08. The van der Waals surface area contributed by atoms with Crippen molar-refractivity contribution < 1.29 is 9.84 Å². The summed E-state index contributed by atoms with van der Waals surface area (Å²) in [7, 11) is 1.65. The van der Waals surface area contributed by atoms with Crippen molar-refractivity contribution in [3.05, 3.63) is 0 Å². The molecule has 0 spiro atoms. The van der Waals surface area contributed by atoms with Gasteiger partial charge in [0.15, 0.2) is 0 Å². The van der Waals surface area contributed by atoms with E-state index in [2.05, 4.69) is 0 Å². The average Bonchev–Trinajstić information content (AvgIpc) is 1.65. The van der Waals surface area contributed by atoms with Gasteiger partial charge in [-0.25, -0.2) is 0 Å². The van der Waals surface area contributed by atoms with E-state index in [4.69, 9.17) is 9.84 Å². The van der Waals surface area contributed by atoms with E-state index in [0.29, 0.717) is 0 Å². The highest BCUT2D eigenvalue weighted by Crippen LogP contribution is 1.98. The molecule has 0 aromatic carbocycles. The summed E-state index contributed by atoms with van der Waals surface area (Å²) in [6.45, 7) is 3.70. The van der Waals surface area contributed by atoms with Gasteiger partial charge in [-0.3, -0.25) is 0 Å². The lowest BCUT2D eigenvalue weighted by molar-refractivity contribution is 0.0635. The minimum atomic E-state index is -0.245. The summed E-state index contributed by atoms with van der Waals surface area (Å²) in [5.41, 5.74) is 0. The molecule has 0 amide bonds. The zero-order valence-corrected chi connectivity index (χ0v) is 5.72. The largest absolute Gasteiger partial charge is 0.393 e. The molecule has 0 aliphatic heterocycles. The van der Waals surface area contributed by atoms with Crippen LogP contribution in [0.25, 0.3) is 0 Å². The molecule has 0 unspecified atom stereocenters. The Morgan fingerprint density at radius 3 is 2.12 bits per heavy atom. The maximum absolute atomic E-state index is 8.77. The summed E-state index contributed by atoms with van der Waals surface area (Å²) in [6, 6.07) is 0. The van der Waals surface area contributed by atoms with Crippen LogP contribution >= 0.6 is 0 Å². The number of ether oxygens (including phenoxy) is 1. The Kier molecular flexibility index (Phi) is 3.83. The quantitative estimate of drug-likeness (QED) is 0.593. The van der Waals surface area contributed by atoms with Gasteiger partial charge < -0.3 is 9.84 Å². The topological polar surface area (TPSA) is 29.5 Å². The Morgan fingerprint density at radius 1 is 1.50 bits per heavy atom. The highest BCUT2D eigenvalue weighted by molar-refractivity contribution is 4.53. The van der Waals surface area contributed by atoms with Gasteiger partial charge in [-0.1, -0.05) is 0 Å². The normalized spacial score (nSPS) is 18.0. The molecule has 2 atom stereocenters. The Morgan fingerprint density at radius 2 is 2.00 bits per heavy atom. The molecule has 0 aliphatic rings. The van der Waals surface area contributed by atoms with Crippen LogP contribution in [0, 0.1) is 0 Å². The van der Waals surface area contributed by atoms with Gasteiger partial charge in [0.2, 0.25) is 0 Å². The summed E-state index contributed by atoms with van der Waals surface area (Å²) >= 11 is 0. The fourth-order valence-electron chi connectivity index (χ4n) is 0.577. The molecule has 0 aliphatic carbocycles. The molecule has 0 saturated carbocycles. The molecule has 2 heteroatoms. The summed E-state index contributed by atoms with van der Waals surface area (Å²) in [4.78, 5) is 0. The molecule has 1 N–H and O–H groups in total. The lowest BCUT2D eigenvalue weighted by atomic mass is 10.2. The molecule has 0 heterocycles. The Labute approximate surface area is 50.5 Å². The van der Waals surface area contributed by atoms with Crippen molar-refractivity contribution in [2.45, 2.75) is 32.5 Å². The van der Waals surface area contributed by atoms with E-state index < -0.39 is 0 Å². The number of hydrogen-bond acceptors (Lipinski definition) is 2. The molecule has 50 valence electrons. The zero-order valence-electron chi connectivity index (χ0n) is 5.72. The van der Waals surface area contributed by atoms with E-state index in [1.54, 1.807) is 14.0 Å². The molecule has 0 aromatic heterocycles. The fraction of sp³-hybridized carbons (Fsp3) is 1.00. The fourth-order valence-corrected chi connectivity index (χ4v) is 0.577. The first-order valence-electron chi connectivity index (χ1n) is 2.87. The van der Waals surface area contributed by atoms with Crippen molar-refractivity contribution >= 4 is 0 Å². The average molecular weight is 118 g/mol. The maximum Gasteiger partial charge on any atom is 0.0567 e.